The molecule has 0 amide bonds. The Labute approximate surface area is 80.6 Å². The number of carboxylic acid groups (broad SMARTS) is 2. The fraction of sp³-hybridized carbons (Fsp3) is 0.111. The summed E-state index contributed by atoms with van der Waals surface area (Å²) in [5, 5.41) is 15.5. The molecular formula is C9H10O5. The Balaban J connectivity index is 0.000000500. The van der Waals surface area contributed by atoms with Crippen LogP contribution in [0.25, 0.3) is 0 Å². The lowest BCUT2D eigenvalue weighted by Gasteiger charge is -2.01. The molecule has 0 unspecified atom stereocenters. The minimum atomic E-state index is -0.970. The van der Waals surface area contributed by atoms with Crippen LogP contribution in [0.5, 0.6) is 5.75 Å². The molecule has 5 heteroatoms. The molecule has 0 saturated carbocycles. The summed E-state index contributed by atoms with van der Waals surface area (Å²) < 4.78 is 4.83. The molecule has 0 spiro atoms. The average molecular weight is 198 g/mol. The first-order valence-corrected chi connectivity index (χ1v) is 3.61. The Hall–Kier alpha value is -2.04. The highest BCUT2D eigenvalue weighted by molar-refractivity contribution is 5.90. The summed E-state index contributed by atoms with van der Waals surface area (Å²) in [6.07, 6.45) is 0. The van der Waals surface area contributed by atoms with E-state index in [1.165, 1.54) is 13.2 Å². The van der Waals surface area contributed by atoms with E-state index in [0.717, 1.165) is 0 Å². The van der Waals surface area contributed by atoms with Crippen LogP contribution in [0.1, 0.15) is 10.4 Å². The molecule has 0 aliphatic rings. The van der Waals surface area contributed by atoms with Gasteiger partial charge in [0.05, 0.1) is 7.11 Å². The maximum absolute atomic E-state index is 10.5. The van der Waals surface area contributed by atoms with Gasteiger partial charge in [-0.25, -0.2) is 4.79 Å². The minimum absolute atomic E-state index is 0.190. The van der Waals surface area contributed by atoms with Crippen molar-refractivity contribution < 1.29 is 24.5 Å². The van der Waals surface area contributed by atoms with Gasteiger partial charge >= 0.3 is 5.97 Å². The lowest BCUT2D eigenvalue weighted by molar-refractivity contribution is -0.122. The molecule has 0 aliphatic carbocycles. The normalized spacial score (nSPS) is 8.07. The van der Waals surface area contributed by atoms with Gasteiger partial charge in [0, 0.05) is 0 Å². The molecule has 1 aromatic rings. The highest BCUT2D eigenvalue weighted by Gasteiger charge is 2.07. The first-order chi connectivity index (χ1) is 6.67. The number of hydrogen-bond donors (Lipinski definition) is 2. The Kier molecular flexibility index (Phi) is 5.53. The molecule has 76 valence electrons. The maximum atomic E-state index is 10.5. The quantitative estimate of drug-likeness (QED) is 0.695. The predicted molar refractivity (Wildman–Crippen MR) is 48.6 cm³/mol. The Morgan fingerprint density at radius 3 is 2.29 bits per heavy atom. The molecule has 0 fully saturated rings. The molecule has 0 bridgehead atoms. The fourth-order valence-corrected chi connectivity index (χ4v) is 0.821. The summed E-state index contributed by atoms with van der Waals surface area (Å²) in [6, 6.07) is 6.50. The molecule has 5 nitrogen and oxygen atoms in total. The van der Waals surface area contributed by atoms with Gasteiger partial charge in [0.2, 0.25) is 0 Å². The van der Waals surface area contributed by atoms with Crippen molar-refractivity contribution in [3.05, 3.63) is 29.8 Å². The average Bonchev–Trinajstić information content (AvgIpc) is 2.19. The third-order valence-electron chi connectivity index (χ3n) is 1.34. The van der Waals surface area contributed by atoms with E-state index in [9.17, 15) is 4.79 Å². The van der Waals surface area contributed by atoms with Crippen LogP contribution >= 0.6 is 0 Å². The second-order valence-corrected chi connectivity index (χ2v) is 2.11. The summed E-state index contributed by atoms with van der Waals surface area (Å²) in [5.41, 5.74) is 0.190. The molecule has 0 aromatic heterocycles. The van der Waals surface area contributed by atoms with Gasteiger partial charge in [0.1, 0.15) is 11.3 Å². The smallest absolute Gasteiger partial charge is 0.339 e. The molecule has 2 N–H and O–H groups in total. The van der Waals surface area contributed by atoms with Crippen molar-refractivity contribution in [3.63, 3.8) is 0 Å². The van der Waals surface area contributed by atoms with E-state index in [0.29, 0.717) is 5.75 Å². The van der Waals surface area contributed by atoms with E-state index in [2.05, 4.69) is 0 Å². The lowest BCUT2D eigenvalue weighted by Crippen LogP contribution is -1.99. The van der Waals surface area contributed by atoms with Crippen molar-refractivity contribution in [2.24, 2.45) is 0 Å². The van der Waals surface area contributed by atoms with Gasteiger partial charge in [-0.2, -0.15) is 0 Å². The van der Waals surface area contributed by atoms with Gasteiger partial charge in [0.15, 0.2) is 0 Å². The number of methoxy groups -OCH3 is 1. The molecule has 1 aromatic carbocycles. The number of rotatable bonds is 2. The summed E-state index contributed by atoms with van der Waals surface area (Å²) in [6.45, 7) is -0.250. The monoisotopic (exact) mass is 198 g/mol. The molecule has 0 atom stereocenters. The standard InChI is InChI=1S/C8H8O3.CH2O2/c1-11-7-5-3-2-4-6(7)8(9)10;2-1-3/h2-5H,1H3,(H,9,10);1H,(H,2,3). The number of hydrogen-bond acceptors (Lipinski definition) is 3. The summed E-state index contributed by atoms with van der Waals surface area (Å²) in [7, 11) is 1.45. The van der Waals surface area contributed by atoms with Crippen LogP contribution in [-0.4, -0.2) is 29.8 Å². The minimum Gasteiger partial charge on any atom is -0.496 e. The largest absolute Gasteiger partial charge is 0.496 e. The highest BCUT2D eigenvalue weighted by Crippen LogP contribution is 2.16. The van der Waals surface area contributed by atoms with Gasteiger partial charge in [-0.05, 0) is 12.1 Å². The van der Waals surface area contributed by atoms with Gasteiger partial charge in [-0.15, -0.1) is 0 Å². The van der Waals surface area contributed by atoms with Crippen molar-refractivity contribution in [1.29, 1.82) is 0 Å². The highest BCUT2D eigenvalue weighted by atomic mass is 16.5. The third kappa shape index (κ3) is 3.57. The molecule has 1 rings (SSSR count). The van der Waals surface area contributed by atoms with Crippen molar-refractivity contribution >= 4 is 12.4 Å². The van der Waals surface area contributed by atoms with Crippen molar-refractivity contribution in [1.82, 2.24) is 0 Å². The van der Waals surface area contributed by atoms with Crippen molar-refractivity contribution in [2.45, 2.75) is 0 Å². The van der Waals surface area contributed by atoms with Crippen LogP contribution < -0.4 is 4.74 Å². The number of ether oxygens (including phenoxy) is 1. The first-order valence-electron chi connectivity index (χ1n) is 3.61. The number of carboxylic acids is 1. The maximum Gasteiger partial charge on any atom is 0.339 e. The van der Waals surface area contributed by atoms with Crippen LogP contribution in [0.15, 0.2) is 24.3 Å². The van der Waals surface area contributed by atoms with Gasteiger partial charge in [-0.1, -0.05) is 12.1 Å². The number of aromatic carboxylic acids is 1. The first kappa shape index (κ1) is 12.0. The summed E-state index contributed by atoms with van der Waals surface area (Å²) >= 11 is 0. The van der Waals surface area contributed by atoms with Crippen LogP contribution in [0.4, 0.5) is 0 Å². The van der Waals surface area contributed by atoms with E-state index in [1.807, 2.05) is 0 Å². The number of para-hydroxylation sites is 1. The Morgan fingerprint density at radius 2 is 1.93 bits per heavy atom. The Morgan fingerprint density at radius 1 is 1.43 bits per heavy atom. The van der Waals surface area contributed by atoms with Crippen LogP contribution in [0.2, 0.25) is 0 Å². The van der Waals surface area contributed by atoms with Crippen molar-refractivity contribution in [2.75, 3.05) is 7.11 Å². The zero-order valence-corrected chi connectivity index (χ0v) is 7.51. The Bertz CT molecular complexity index is 308. The topological polar surface area (TPSA) is 83.8 Å². The van der Waals surface area contributed by atoms with Crippen molar-refractivity contribution in [3.8, 4) is 5.75 Å². The lowest BCUT2D eigenvalue weighted by atomic mass is 10.2. The zero-order valence-electron chi connectivity index (χ0n) is 7.51. The van der Waals surface area contributed by atoms with Crippen LogP contribution in [0, 0.1) is 0 Å². The second kappa shape index (κ2) is 6.47. The number of benzene rings is 1. The molecule has 0 heterocycles. The molecule has 14 heavy (non-hydrogen) atoms. The summed E-state index contributed by atoms with van der Waals surface area (Å²) in [4.78, 5) is 18.9. The van der Waals surface area contributed by atoms with E-state index >= 15 is 0 Å². The van der Waals surface area contributed by atoms with Gasteiger partial charge < -0.3 is 14.9 Å². The van der Waals surface area contributed by atoms with Gasteiger partial charge in [0.25, 0.3) is 6.47 Å². The molecule has 0 radical (unpaired) electrons. The fourth-order valence-electron chi connectivity index (χ4n) is 0.821. The molecule has 0 aliphatic heterocycles. The van der Waals surface area contributed by atoms with E-state index in [1.54, 1.807) is 18.2 Å². The molecule has 0 saturated heterocycles. The van der Waals surface area contributed by atoms with E-state index in [4.69, 9.17) is 19.7 Å². The zero-order chi connectivity index (χ0) is 11.0. The van der Waals surface area contributed by atoms with Crippen LogP contribution in [0.3, 0.4) is 0 Å². The van der Waals surface area contributed by atoms with E-state index in [-0.39, 0.29) is 12.0 Å². The SMILES string of the molecule is COc1ccccc1C(=O)O.O=CO. The number of carbonyl (C=O) groups is 2. The van der Waals surface area contributed by atoms with E-state index < -0.39 is 5.97 Å². The summed E-state index contributed by atoms with van der Waals surface area (Å²) in [5.74, 6) is -0.581. The second-order valence-electron chi connectivity index (χ2n) is 2.11. The predicted octanol–water partition coefficient (Wildman–Crippen LogP) is 1.09. The molecular weight excluding hydrogens is 188 g/mol. The third-order valence-corrected chi connectivity index (χ3v) is 1.34. The van der Waals surface area contributed by atoms with Gasteiger partial charge in [-0.3, -0.25) is 4.79 Å². The van der Waals surface area contributed by atoms with Crippen LogP contribution in [-0.2, 0) is 4.79 Å².